The largest absolute Gasteiger partial charge is 0.354 e. The molecule has 156 valence electrons. The second-order valence-electron chi connectivity index (χ2n) is 7.46. The molecular formula is C24H25N7. The summed E-state index contributed by atoms with van der Waals surface area (Å²) in [6.07, 6.45) is 8.33. The molecule has 0 bridgehead atoms. The van der Waals surface area contributed by atoms with Crippen LogP contribution in [0.3, 0.4) is 0 Å². The summed E-state index contributed by atoms with van der Waals surface area (Å²) in [6, 6.07) is 16.9. The van der Waals surface area contributed by atoms with Gasteiger partial charge in [-0.2, -0.15) is 4.98 Å². The van der Waals surface area contributed by atoms with Crippen LogP contribution in [0.4, 0.5) is 17.5 Å². The number of nitrogens with one attached hydrogen (secondary N) is 2. The summed E-state index contributed by atoms with van der Waals surface area (Å²) < 4.78 is 4.41. The number of aryl methyl sites for hydroxylation is 2. The fraction of sp³-hybridized carbons (Fsp3) is 0.208. The molecule has 0 saturated carbocycles. The van der Waals surface area contributed by atoms with Gasteiger partial charge in [0.1, 0.15) is 5.82 Å². The van der Waals surface area contributed by atoms with E-state index in [1.807, 2.05) is 18.6 Å². The average molecular weight is 412 g/mol. The lowest BCUT2D eigenvalue weighted by Gasteiger charge is -2.09. The first-order chi connectivity index (χ1) is 15.3. The Labute approximate surface area is 180 Å². The van der Waals surface area contributed by atoms with Gasteiger partial charge in [-0.25, -0.2) is 9.97 Å². The molecule has 0 saturated heterocycles. The highest BCUT2D eigenvalue weighted by atomic mass is 15.1. The van der Waals surface area contributed by atoms with Gasteiger partial charge in [0.25, 0.3) is 0 Å². The van der Waals surface area contributed by atoms with Crippen molar-refractivity contribution in [1.29, 1.82) is 0 Å². The highest BCUT2D eigenvalue weighted by Crippen LogP contribution is 2.31. The molecule has 0 spiro atoms. The second-order valence-corrected chi connectivity index (χ2v) is 7.46. The zero-order valence-electron chi connectivity index (χ0n) is 17.5. The first-order valence-corrected chi connectivity index (χ1v) is 10.6. The maximum atomic E-state index is 4.61. The van der Waals surface area contributed by atoms with Crippen LogP contribution in [0, 0.1) is 0 Å². The normalized spacial score (nSPS) is 11.3. The van der Waals surface area contributed by atoms with Crippen LogP contribution in [0.25, 0.3) is 21.8 Å². The molecule has 5 rings (SSSR count). The first-order valence-electron chi connectivity index (χ1n) is 10.6. The first kappa shape index (κ1) is 19.1. The Balaban J connectivity index is 1.31. The van der Waals surface area contributed by atoms with Crippen molar-refractivity contribution in [3.05, 3.63) is 73.4 Å². The van der Waals surface area contributed by atoms with Crippen LogP contribution in [0.15, 0.2) is 73.4 Å². The van der Waals surface area contributed by atoms with Gasteiger partial charge in [0.05, 0.1) is 6.33 Å². The molecule has 0 aliphatic rings. The Hall–Kier alpha value is -3.87. The Bertz CT molecular complexity index is 1300. The van der Waals surface area contributed by atoms with Gasteiger partial charge in [-0.1, -0.05) is 18.2 Å². The minimum Gasteiger partial charge on any atom is -0.354 e. The lowest BCUT2D eigenvalue weighted by atomic mass is 10.1. The molecule has 31 heavy (non-hydrogen) atoms. The van der Waals surface area contributed by atoms with Crippen LogP contribution in [0.5, 0.6) is 0 Å². The van der Waals surface area contributed by atoms with E-state index in [0.29, 0.717) is 5.95 Å². The molecule has 2 N–H and O–H groups in total. The monoisotopic (exact) mass is 411 g/mol. The molecule has 7 nitrogen and oxygen atoms in total. The van der Waals surface area contributed by atoms with Crippen molar-refractivity contribution in [2.45, 2.75) is 26.4 Å². The Morgan fingerprint density at radius 3 is 2.74 bits per heavy atom. The van der Waals surface area contributed by atoms with Crippen molar-refractivity contribution in [2.75, 3.05) is 17.2 Å². The molecule has 0 radical (unpaired) electrons. The van der Waals surface area contributed by atoms with E-state index < -0.39 is 0 Å². The molecule has 5 aromatic rings. The van der Waals surface area contributed by atoms with Crippen LogP contribution in [0.1, 0.15) is 13.3 Å². The fourth-order valence-electron chi connectivity index (χ4n) is 4.01. The number of rotatable bonds is 8. The Morgan fingerprint density at radius 2 is 1.87 bits per heavy atom. The molecule has 2 aromatic carbocycles. The molecule has 7 heteroatoms. The number of benzene rings is 2. The van der Waals surface area contributed by atoms with Gasteiger partial charge in [-0.15, -0.1) is 0 Å². The third-order valence-electron chi connectivity index (χ3n) is 5.45. The standard InChI is InChI=1S/C24H25N7/c1-2-31-21-7-4-3-6-19(21)20-16-18(8-9-22(20)31)28-23-10-12-27-24(29-23)26-11-5-14-30-15-13-25-17-30/h3-4,6-10,12-13,15-17H,2,5,11,14H2,1H3,(H2,26,27,28,29). The number of imidazole rings is 1. The fourth-order valence-corrected chi connectivity index (χ4v) is 4.01. The molecule has 0 atom stereocenters. The molecule has 3 heterocycles. The smallest absolute Gasteiger partial charge is 0.224 e. The molecule has 3 aromatic heterocycles. The number of aromatic nitrogens is 5. The lowest BCUT2D eigenvalue weighted by molar-refractivity contribution is 0.659. The van der Waals surface area contributed by atoms with E-state index in [1.165, 1.54) is 21.8 Å². The number of nitrogens with zero attached hydrogens (tertiary/aromatic N) is 5. The summed E-state index contributed by atoms with van der Waals surface area (Å²) in [5.41, 5.74) is 3.52. The number of hydrogen-bond acceptors (Lipinski definition) is 5. The van der Waals surface area contributed by atoms with Crippen molar-refractivity contribution < 1.29 is 0 Å². The van der Waals surface area contributed by atoms with E-state index in [2.05, 4.69) is 84.1 Å². The van der Waals surface area contributed by atoms with E-state index in [4.69, 9.17) is 0 Å². The maximum absolute atomic E-state index is 4.61. The number of hydrogen-bond donors (Lipinski definition) is 2. The van der Waals surface area contributed by atoms with Gasteiger partial charge in [0, 0.05) is 65.7 Å². The summed E-state index contributed by atoms with van der Waals surface area (Å²) >= 11 is 0. The SMILES string of the molecule is CCn1c2ccccc2c2cc(Nc3ccnc(NCCCn4ccnc4)n3)ccc21. The maximum Gasteiger partial charge on any atom is 0.224 e. The van der Waals surface area contributed by atoms with Crippen LogP contribution >= 0.6 is 0 Å². The van der Waals surface area contributed by atoms with Crippen LogP contribution in [-0.2, 0) is 13.1 Å². The molecule has 0 unspecified atom stereocenters. The third-order valence-corrected chi connectivity index (χ3v) is 5.45. The highest BCUT2D eigenvalue weighted by molar-refractivity contribution is 6.09. The number of para-hydroxylation sites is 1. The number of fused-ring (bicyclic) bond motifs is 3. The quantitative estimate of drug-likeness (QED) is 0.350. The summed E-state index contributed by atoms with van der Waals surface area (Å²) in [5, 5.41) is 9.24. The van der Waals surface area contributed by atoms with Crippen LogP contribution in [-0.4, -0.2) is 30.6 Å². The minimum absolute atomic E-state index is 0.624. The summed E-state index contributed by atoms with van der Waals surface area (Å²) in [6.45, 7) is 4.84. The van der Waals surface area contributed by atoms with Crippen molar-refractivity contribution in [3.8, 4) is 0 Å². The van der Waals surface area contributed by atoms with E-state index in [9.17, 15) is 0 Å². The van der Waals surface area contributed by atoms with Crippen molar-refractivity contribution in [3.63, 3.8) is 0 Å². The Kier molecular flexibility index (Phi) is 5.22. The zero-order chi connectivity index (χ0) is 21.0. The number of anilines is 3. The minimum atomic E-state index is 0.624. The molecular weight excluding hydrogens is 386 g/mol. The van der Waals surface area contributed by atoms with E-state index in [0.717, 1.165) is 37.6 Å². The second kappa shape index (κ2) is 8.47. The van der Waals surface area contributed by atoms with Gasteiger partial charge in [-0.3, -0.25) is 0 Å². The molecule has 0 fully saturated rings. The van der Waals surface area contributed by atoms with Crippen molar-refractivity contribution >= 4 is 39.3 Å². The van der Waals surface area contributed by atoms with E-state index in [1.54, 1.807) is 12.4 Å². The van der Waals surface area contributed by atoms with Gasteiger partial charge < -0.3 is 19.8 Å². The molecule has 0 aliphatic heterocycles. The van der Waals surface area contributed by atoms with Gasteiger partial charge >= 0.3 is 0 Å². The predicted octanol–water partition coefficient (Wildman–Crippen LogP) is 5.05. The third kappa shape index (κ3) is 3.94. The highest BCUT2D eigenvalue weighted by Gasteiger charge is 2.10. The summed E-state index contributed by atoms with van der Waals surface area (Å²) in [7, 11) is 0. The van der Waals surface area contributed by atoms with E-state index >= 15 is 0 Å². The van der Waals surface area contributed by atoms with Crippen LogP contribution < -0.4 is 10.6 Å². The van der Waals surface area contributed by atoms with E-state index in [-0.39, 0.29) is 0 Å². The van der Waals surface area contributed by atoms with Gasteiger partial charge in [-0.05, 0) is 43.7 Å². The topological polar surface area (TPSA) is 72.6 Å². The summed E-state index contributed by atoms with van der Waals surface area (Å²) in [5.74, 6) is 1.39. The van der Waals surface area contributed by atoms with Crippen LogP contribution in [0.2, 0.25) is 0 Å². The Morgan fingerprint density at radius 1 is 0.968 bits per heavy atom. The van der Waals surface area contributed by atoms with Crippen molar-refractivity contribution in [1.82, 2.24) is 24.1 Å². The predicted molar refractivity (Wildman–Crippen MR) is 126 cm³/mol. The van der Waals surface area contributed by atoms with Gasteiger partial charge in [0.15, 0.2) is 0 Å². The molecule has 0 amide bonds. The van der Waals surface area contributed by atoms with Crippen molar-refractivity contribution in [2.24, 2.45) is 0 Å². The zero-order valence-corrected chi connectivity index (χ0v) is 17.5. The van der Waals surface area contributed by atoms with Gasteiger partial charge in [0.2, 0.25) is 5.95 Å². The average Bonchev–Trinajstić information content (AvgIpc) is 3.43. The molecule has 0 aliphatic carbocycles. The summed E-state index contributed by atoms with van der Waals surface area (Å²) in [4.78, 5) is 13.0. The lowest BCUT2D eigenvalue weighted by Crippen LogP contribution is -2.09.